The zero-order valence-electron chi connectivity index (χ0n) is 12.4. The van der Waals surface area contributed by atoms with E-state index in [-0.39, 0.29) is 0 Å². The highest BCUT2D eigenvalue weighted by Crippen LogP contribution is 2.37. The van der Waals surface area contributed by atoms with E-state index in [0.717, 1.165) is 0 Å². The molecule has 1 heterocycles. The predicted molar refractivity (Wildman–Crippen MR) is 75.2 cm³/mol. The smallest absolute Gasteiger partial charge is 0.437 e. The van der Waals surface area contributed by atoms with Gasteiger partial charge in [-0.3, -0.25) is 0 Å². The van der Waals surface area contributed by atoms with E-state index in [2.05, 4.69) is 4.74 Å². The zero-order chi connectivity index (χ0) is 15.0. The Labute approximate surface area is 119 Å². The van der Waals surface area contributed by atoms with Crippen LogP contribution in [0.3, 0.4) is 0 Å². The van der Waals surface area contributed by atoms with Crippen molar-refractivity contribution in [3.05, 3.63) is 24.3 Å². The standard InChI is InChI=1S/C14H19BO5/c1-13(2)14(3,4)20-15(19-13)10-8-6-7-9-11(10)18-12(16)17-5/h6-9H,1-5H3. The third-order valence-electron chi connectivity index (χ3n) is 3.79. The topological polar surface area (TPSA) is 54.0 Å². The van der Waals surface area contributed by atoms with Crippen molar-refractivity contribution in [3.8, 4) is 5.75 Å². The lowest BCUT2D eigenvalue weighted by Gasteiger charge is -2.32. The van der Waals surface area contributed by atoms with E-state index in [1.54, 1.807) is 18.2 Å². The quantitative estimate of drug-likeness (QED) is 0.471. The summed E-state index contributed by atoms with van der Waals surface area (Å²) in [6.07, 6.45) is -0.769. The average molecular weight is 278 g/mol. The minimum Gasteiger partial charge on any atom is -0.437 e. The number of methoxy groups -OCH3 is 1. The Bertz CT molecular complexity index is 496. The van der Waals surface area contributed by atoms with Crippen molar-refractivity contribution in [1.82, 2.24) is 0 Å². The molecule has 0 saturated carbocycles. The average Bonchev–Trinajstić information content (AvgIpc) is 2.59. The second-order valence-electron chi connectivity index (χ2n) is 5.68. The van der Waals surface area contributed by atoms with Crippen LogP contribution in [0.2, 0.25) is 0 Å². The Morgan fingerprint density at radius 3 is 2.20 bits per heavy atom. The number of hydrogen-bond donors (Lipinski definition) is 0. The summed E-state index contributed by atoms with van der Waals surface area (Å²) in [5, 5.41) is 0. The number of carbonyl (C=O) groups is 1. The van der Waals surface area contributed by atoms with Gasteiger partial charge in [0.2, 0.25) is 0 Å². The maximum Gasteiger partial charge on any atom is 0.513 e. The van der Waals surface area contributed by atoms with Crippen LogP contribution >= 0.6 is 0 Å². The molecule has 0 radical (unpaired) electrons. The third-order valence-corrected chi connectivity index (χ3v) is 3.79. The maximum atomic E-state index is 11.3. The van der Waals surface area contributed by atoms with Crippen LogP contribution in [0.1, 0.15) is 27.7 Å². The van der Waals surface area contributed by atoms with E-state index in [1.807, 2.05) is 33.8 Å². The van der Waals surface area contributed by atoms with Crippen LogP contribution in [0.5, 0.6) is 5.75 Å². The van der Waals surface area contributed by atoms with E-state index >= 15 is 0 Å². The van der Waals surface area contributed by atoms with E-state index in [9.17, 15) is 4.79 Å². The first kappa shape index (κ1) is 14.9. The minimum absolute atomic E-state index is 0.373. The van der Waals surface area contributed by atoms with Crippen LogP contribution in [0.15, 0.2) is 24.3 Å². The van der Waals surface area contributed by atoms with Gasteiger partial charge < -0.3 is 18.8 Å². The number of carbonyl (C=O) groups excluding carboxylic acids is 1. The SMILES string of the molecule is COC(=O)Oc1ccccc1B1OC(C)(C)C(C)(C)O1. The Balaban J connectivity index is 2.28. The molecule has 0 aromatic heterocycles. The van der Waals surface area contributed by atoms with Crippen molar-refractivity contribution in [1.29, 1.82) is 0 Å². The van der Waals surface area contributed by atoms with E-state index in [1.165, 1.54) is 7.11 Å². The van der Waals surface area contributed by atoms with Gasteiger partial charge in [-0.1, -0.05) is 18.2 Å². The van der Waals surface area contributed by atoms with Crippen molar-refractivity contribution in [3.63, 3.8) is 0 Å². The highest BCUT2D eigenvalue weighted by molar-refractivity contribution is 6.63. The van der Waals surface area contributed by atoms with E-state index in [0.29, 0.717) is 11.2 Å². The molecule has 20 heavy (non-hydrogen) atoms. The van der Waals surface area contributed by atoms with Crippen molar-refractivity contribution >= 4 is 18.7 Å². The largest absolute Gasteiger partial charge is 0.513 e. The summed E-state index contributed by atoms with van der Waals surface area (Å²) in [5.74, 6) is 0.373. The predicted octanol–water partition coefficient (Wildman–Crippen LogP) is 2.13. The molecule has 1 aliphatic rings. The maximum absolute atomic E-state index is 11.3. The second-order valence-corrected chi connectivity index (χ2v) is 5.68. The van der Waals surface area contributed by atoms with Crippen LogP contribution < -0.4 is 10.2 Å². The van der Waals surface area contributed by atoms with Crippen molar-refractivity contribution in [2.75, 3.05) is 7.11 Å². The number of para-hydroxylation sites is 1. The fourth-order valence-electron chi connectivity index (χ4n) is 1.87. The van der Waals surface area contributed by atoms with Crippen molar-refractivity contribution in [2.45, 2.75) is 38.9 Å². The molecular weight excluding hydrogens is 259 g/mol. The molecule has 6 heteroatoms. The summed E-state index contributed by atoms with van der Waals surface area (Å²) < 4.78 is 21.5. The van der Waals surface area contributed by atoms with Gasteiger partial charge in [-0.25, -0.2) is 4.79 Å². The van der Waals surface area contributed by atoms with Gasteiger partial charge in [0.1, 0.15) is 5.75 Å². The molecule has 0 aliphatic carbocycles. The van der Waals surface area contributed by atoms with Crippen LogP contribution in [-0.2, 0) is 14.0 Å². The fourth-order valence-corrected chi connectivity index (χ4v) is 1.87. The number of benzene rings is 1. The molecule has 2 rings (SSSR count). The monoisotopic (exact) mass is 278 g/mol. The molecule has 0 unspecified atom stereocenters. The Hall–Kier alpha value is -1.53. The first-order chi connectivity index (χ1) is 9.27. The number of ether oxygens (including phenoxy) is 2. The van der Waals surface area contributed by atoms with Gasteiger partial charge in [0.15, 0.2) is 0 Å². The molecular formula is C14H19BO5. The lowest BCUT2D eigenvalue weighted by Crippen LogP contribution is -2.41. The van der Waals surface area contributed by atoms with Crippen LogP contribution in [0.25, 0.3) is 0 Å². The van der Waals surface area contributed by atoms with Gasteiger partial charge in [0, 0.05) is 5.46 Å². The Morgan fingerprint density at radius 2 is 1.65 bits per heavy atom. The molecule has 0 N–H and O–H groups in total. The second kappa shape index (κ2) is 5.11. The molecule has 1 aromatic rings. The van der Waals surface area contributed by atoms with Gasteiger partial charge in [-0.15, -0.1) is 0 Å². The fraction of sp³-hybridized carbons (Fsp3) is 0.500. The van der Waals surface area contributed by atoms with Gasteiger partial charge >= 0.3 is 13.3 Å². The molecule has 108 valence electrons. The Morgan fingerprint density at radius 1 is 1.10 bits per heavy atom. The summed E-state index contributed by atoms with van der Waals surface area (Å²) in [6.45, 7) is 7.88. The molecule has 1 saturated heterocycles. The highest BCUT2D eigenvalue weighted by Gasteiger charge is 2.52. The van der Waals surface area contributed by atoms with Crippen LogP contribution in [0, 0.1) is 0 Å². The lowest BCUT2D eigenvalue weighted by molar-refractivity contribution is 0.00578. The normalized spacial score (nSPS) is 19.8. The molecule has 1 aliphatic heterocycles. The molecule has 5 nitrogen and oxygen atoms in total. The van der Waals surface area contributed by atoms with Crippen LogP contribution in [-0.4, -0.2) is 31.6 Å². The first-order valence-electron chi connectivity index (χ1n) is 6.47. The van der Waals surface area contributed by atoms with Gasteiger partial charge in [0.05, 0.1) is 18.3 Å². The molecule has 0 atom stereocenters. The summed E-state index contributed by atoms with van der Waals surface area (Å²) in [5.41, 5.74) is -0.233. The molecule has 1 fully saturated rings. The highest BCUT2D eigenvalue weighted by atomic mass is 16.7. The Kier molecular flexibility index (Phi) is 3.80. The van der Waals surface area contributed by atoms with Crippen molar-refractivity contribution < 1.29 is 23.6 Å². The zero-order valence-corrected chi connectivity index (χ0v) is 12.4. The van der Waals surface area contributed by atoms with E-state index < -0.39 is 24.5 Å². The molecule has 0 bridgehead atoms. The summed E-state index contributed by atoms with van der Waals surface area (Å²) in [4.78, 5) is 11.3. The van der Waals surface area contributed by atoms with E-state index in [4.69, 9.17) is 14.0 Å². The van der Waals surface area contributed by atoms with Gasteiger partial charge in [-0.2, -0.15) is 0 Å². The van der Waals surface area contributed by atoms with Crippen molar-refractivity contribution in [2.24, 2.45) is 0 Å². The molecule has 0 amide bonds. The first-order valence-corrected chi connectivity index (χ1v) is 6.47. The summed E-state index contributed by atoms with van der Waals surface area (Å²) in [6, 6.07) is 7.09. The summed E-state index contributed by atoms with van der Waals surface area (Å²) in [7, 11) is 0.681. The third kappa shape index (κ3) is 2.67. The summed E-state index contributed by atoms with van der Waals surface area (Å²) >= 11 is 0. The minimum atomic E-state index is -0.769. The number of hydrogen-bond acceptors (Lipinski definition) is 5. The molecule has 0 spiro atoms. The number of rotatable bonds is 2. The molecule has 1 aromatic carbocycles. The van der Waals surface area contributed by atoms with Crippen LogP contribution in [0.4, 0.5) is 4.79 Å². The lowest BCUT2D eigenvalue weighted by atomic mass is 9.78. The van der Waals surface area contributed by atoms with Gasteiger partial charge in [-0.05, 0) is 33.8 Å². The van der Waals surface area contributed by atoms with Gasteiger partial charge in [0.25, 0.3) is 0 Å².